The highest BCUT2D eigenvalue weighted by atomic mass is 16.1. The summed E-state index contributed by atoms with van der Waals surface area (Å²) in [6.07, 6.45) is 1.51. The van der Waals surface area contributed by atoms with Gasteiger partial charge in [-0.2, -0.15) is 0 Å². The molecule has 128 valence electrons. The fourth-order valence-corrected chi connectivity index (χ4v) is 2.63. The molecule has 2 rings (SSSR count). The Bertz CT molecular complexity index is 620. The molecule has 0 saturated carbocycles. The average molecular weight is 324 g/mol. The highest BCUT2D eigenvalue weighted by Gasteiger charge is 2.12. The van der Waals surface area contributed by atoms with E-state index in [0.29, 0.717) is 12.5 Å². The molecule has 0 radical (unpaired) electrons. The van der Waals surface area contributed by atoms with Crippen molar-refractivity contribution in [2.45, 2.75) is 46.2 Å². The molecule has 0 spiro atoms. The molecule has 0 aliphatic rings. The van der Waals surface area contributed by atoms with E-state index < -0.39 is 0 Å². The van der Waals surface area contributed by atoms with Crippen molar-refractivity contribution >= 4 is 11.6 Å². The van der Waals surface area contributed by atoms with Crippen molar-refractivity contribution in [3.63, 3.8) is 0 Å². The lowest BCUT2D eigenvalue weighted by atomic mass is 10.1. The van der Waals surface area contributed by atoms with Crippen LogP contribution in [0.25, 0.3) is 0 Å². The molecule has 2 aromatic carbocycles. The number of nitrogens with one attached hydrogen (secondary N) is 1. The third-order valence-electron chi connectivity index (χ3n) is 4.23. The SMILES string of the molecule is CCc1ccc(NC(=O)CCN(Cc2ccccc2)C(C)C)cc1. The molecule has 1 N–H and O–H groups in total. The molecule has 0 aliphatic carbocycles. The van der Waals surface area contributed by atoms with Crippen LogP contribution in [0.3, 0.4) is 0 Å². The Morgan fingerprint density at radius 3 is 2.25 bits per heavy atom. The smallest absolute Gasteiger partial charge is 0.225 e. The topological polar surface area (TPSA) is 32.3 Å². The maximum Gasteiger partial charge on any atom is 0.225 e. The molecular weight excluding hydrogens is 296 g/mol. The van der Waals surface area contributed by atoms with Gasteiger partial charge in [-0.15, -0.1) is 0 Å². The summed E-state index contributed by atoms with van der Waals surface area (Å²) < 4.78 is 0. The quantitative estimate of drug-likeness (QED) is 0.776. The van der Waals surface area contributed by atoms with Crippen molar-refractivity contribution in [2.75, 3.05) is 11.9 Å². The van der Waals surface area contributed by atoms with E-state index in [-0.39, 0.29) is 5.91 Å². The Kier molecular flexibility index (Phi) is 7.01. The minimum absolute atomic E-state index is 0.0676. The summed E-state index contributed by atoms with van der Waals surface area (Å²) in [6, 6.07) is 18.9. The van der Waals surface area contributed by atoms with Crippen LogP contribution in [0.4, 0.5) is 5.69 Å². The number of benzene rings is 2. The molecule has 2 aromatic rings. The Balaban J connectivity index is 1.85. The number of anilines is 1. The van der Waals surface area contributed by atoms with E-state index in [4.69, 9.17) is 0 Å². The van der Waals surface area contributed by atoms with Crippen molar-refractivity contribution in [1.29, 1.82) is 0 Å². The lowest BCUT2D eigenvalue weighted by Crippen LogP contribution is -2.33. The molecule has 0 aromatic heterocycles. The molecule has 0 fully saturated rings. The second-order valence-corrected chi connectivity index (χ2v) is 6.40. The maximum absolute atomic E-state index is 12.2. The summed E-state index contributed by atoms with van der Waals surface area (Å²) in [4.78, 5) is 14.5. The van der Waals surface area contributed by atoms with Gasteiger partial charge in [0.2, 0.25) is 5.91 Å². The Morgan fingerprint density at radius 1 is 1.00 bits per heavy atom. The Hall–Kier alpha value is -2.13. The first-order chi connectivity index (χ1) is 11.6. The van der Waals surface area contributed by atoms with E-state index in [2.05, 4.69) is 67.4 Å². The van der Waals surface area contributed by atoms with Crippen LogP contribution in [0.5, 0.6) is 0 Å². The predicted molar refractivity (Wildman–Crippen MR) is 101 cm³/mol. The minimum Gasteiger partial charge on any atom is -0.326 e. The number of nitrogens with zero attached hydrogens (tertiary/aromatic N) is 1. The van der Waals surface area contributed by atoms with E-state index in [9.17, 15) is 4.79 Å². The molecule has 0 heterocycles. The van der Waals surface area contributed by atoms with E-state index in [0.717, 1.165) is 25.2 Å². The predicted octanol–water partition coefficient (Wildman–Crippen LogP) is 4.49. The number of hydrogen-bond donors (Lipinski definition) is 1. The Morgan fingerprint density at radius 2 is 1.67 bits per heavy atom. The molecule has 0 aliphatic heterocycles. The highest BCUT2D eigenvalue weighted by Crippen LogP contribution is 2.12. The zero-order chi connectivity index (χ0) is 17.4. The van der Waals surface area contributed by atoms with Crippen molar-refractivity contribution in [1.82, 2.24) is 4.90 Å². The van der Waals surface area contributed by atoms with Crippen LogP contribution >= 0.6 is 0 Å². The summed E-state index contributed by atoms with van der Waals surface area (Å²) in [6.45, 7) is 8.10. The third-order valence-corrected chi connectivity index (χ3v) is 4.23. The van der Waals surface area contributed by atoms with E-state index in [1.54, 1.807) is 0 Å². The van der Waals surface area contributed by atoms with Gasteiger partial charge in [0.05, 0.1) is 0 Å². The molecular formula is C21H28N2O. The molecule has 0 bridgehead atoms. The summed E-state index contributed by atoms with van der Waals surface area (Å²) in [5, 5.41) is 2.99. The van der Waals surface area contributed by atoms with Crippen LogP contribution in [0.15, 0.2) is 54.6 Å². The molecule has 3 nitrogen and oxygen atoms in total. The monoisotopic (exact) mass is 324 g/mol. The number of carbonyl (C=O) groups excluding carboxylic acids is 1. The third kappa shape index (κ3) is 5.82. The molecule has 24 heavy (non-hydrogen) atoms. The summed E-state index contributed by atoms with van der Waals surface area (Å²) in [7, 11) is 0. The maximum atomic E-state index is 12.2. The zero-order valence-electron chi connectivity index (χ0n) is 15.0. The second-order valence-electron chi connectivity index (χ2n) is 6.40. The van der Waals surface area contributed by atoms with Gasteiger partial charge < -0.3 is 5.32 Å². The number of aryl methyl sites for hydroxylation is 1. The molecule has 1 amide bonds. The van der Waals surface area contributed by atoms with Crippen LogP contribution in [-0.2, 0) is 17.8 Å². The van der Waals surface area contributed by atoms with Gasteiger partial charge in [-0.25, -0.2) is 0 Å². The van der Waals surface area contributed by atoms with E-state index >= 15 is 0 Å². The standard InChI is InChI=1S/C21H28N2O/c1-4-18-10-12-20(13-11-18)22-21(24)14-15-23(17(2)3)16-19-8-6-5-7-9-19/h5-13,17H,4,14-16H2,1-3H3,(H,22,24). The molecule has 3 heteroatoms. The Labute approximate surface area is 145 Å². The lowest BCUT2D eigenvalue weighted by molar-refractivity contribution is -0.116. The number of rotatable bonds is 8. The fourth-order valence-electron chi connectivity index (χ4n) is 2.63. The first-order valence-electron chi connectivity index (χ1n) is 8.75. The number of carbonyl (C=O) groups is 1. The first kappa shape index (κ1) is 18.2. The van der Waals surface area contributed by atoms with E-state index in [1.807, 2.05) is 18.2 Å². The van der Waals surface area contributed by atoms with Crippen molar-refractivity contribution < 1.29 is 4.79 Å². The average Bonchev–Trinajstić information content (AvgIpc) is 2.60. The van der Waals surface area contributed by atoms with Crippen LogP contribution in [-0.4, -0.2) is 23.4 Å². The largest absolute Gasteiger partial charge is 0.326 e. The first-order valence-corrected chi connectivity index (χ1v) is 8.75. The summed E-state index contributed by atoms with van der Waals surface area (Å²) >= 11 is 0. The van der Waals surface area contributed by atoms with Gasteiger partial charge in [-0.3, -0.25) is 9.69 Å². The second kappa shape index (κ2) is 9.24. The van der Waals surface area contributed by atoms with Crippen molar-refractivity contribution in [3.8, 4) is 0 Å². The van der Waals surface area contributed by atoms with Gasteiger partial charge >= 0.3 is 0 Å². The number of hydrogen-bond acceptors (Lipinski definition) is 2. The van der Waals surface area contributed by atoms with Gasteiger partial charge in [0.15, 0.2) is 0 Å². The summed E-state index contributed by atoms with van der Waals surface area (Å²) in [5.41, 5.74) is 3.43. The molecule has 0 saturated heterocycles. The normalized spacial score (nSPS) is 11.0. The van der Waals surface area contributed by atoms with Crippen LogP contribution in [0.2, 0.25) is 0 Å². The van der Waals surface area contributed by atoms with Gasteiger partial charge in [0.25, 0.3) is 0 Å². The van der Waals surface area contributed by atoms with Gasteiger partial charge in [0, 0.05) is 31.2 Å². The van der Waals surface area contributed by atoms with Gasteiger partial charge in [-0.1, -0.05) is 49.4 Å². The number of amides is 1. The zero-order valence-corrected chi connectivity index (χ0v) is 15.0. The van der Waals surface area contributed by atoms with Crippen molar-refractivity contribution in [2.24, 2.45) is 0 Å². The van der Waals surface area contributed by atoms with Crippen molar-refractivity contribution in [3.05, 3.63) is 65.7 Å². The lowest BCUT2D eigenvalue weighted by Gasteiger charge is -2.26. The van der Waals surface area contributed by atoms with E-state index in [1.165, 1.54) is 11.1 Å². The van der Waals surface area contributed by atoms with Gasteiger partial charge in [0.1, 0.15) is 0 Å². The van der Waals surface area contributed by atoms with Crippen LogP contribution in [0, 0.1) is 0 Å². The van der Waals surface area contributed by atoms with Crippen LogP contribution < -0.4 is 5.32 Å². The van der Waals surface area contributed by atoms with Gasteiger partial charge in [-0.05, 0) is 43.5 Å². The fraction of sp³-hybridized carbons (Fsp3) is 0.381. The molecule has 0 unspecified atom stereocenters. The summed E-state index contributed by atoms with van der Waals surface area (Å²) in [5.74, 6) is 0.0676. The highest BCUT2D eigenvalue weighted by molar-refractivity contribution is 5.90. The molecule has 0 atom stereocenters. The minimum atomic E-state index is 0.0676. The van der Waals surface area contributed by atoms with Crippen LogP contribution in [0.1, 0.15) is 38.3 Å².